The van der Waals surface area contributed by atoms with Crippen LogP contribution < -0.4 is 14.5 Å². The number of halogens is 1. The van der Waals surface area contributed by atoms with Gasteiger partial charge in [-0.05, 0) is 67.5 Å². The van der Waals surface area contributed by atoms with Gasteiger partial charge in [-0.3, -0.25) is 9.69 Å². The van der Waals surface area contributed by atoms with Crippen LogP contribution in [0.1, 0.15) is 30.4 Å². The Hall–Kier alpha value is -2.71. The number of aromatic nitrogens is 1. The number of carbonyl (C=O) groups excluding carboxylic acids is 1. The Labute approximate surface area is 203 Å². The number of hydrogen-bond donors (Lipinski definition) is 0. The lowest BCUT2D eigenvalue weighted by Crippen LogP contribution is -2.46. The number of anilines is 2. The molecular formula is C26H29FN4O2S. The summed E-state index contributed by atoms with van der Waals surface area (Å²) in [7, 11) is 0. The first-order valence-corrected chi connectivity index (χ1v) is 13.1. The molecule has 0 unspecified atom stereocenters. The van der Waals surface area contributed by atoms with E-state index in [1.807, 2.05) is 6.07 Å². The predicted molar refractivity (Wildman–Crippen MR) is 134 cm³/mol. The molecule has 4 heterocycles. The predicted octanol–water partition coefficient (Wildman–Crippen LogP) is 4.25. The summed E-state index contributed by atoms with van der Waals surface area (Å²) >= 11 is 1.58. The van der Waals surface area contributed by atoms with Crippen LogP contribution in [0.25, 0.3) is 10.1 Å². The molecule has 8 heteroatoms. The molecule has 6 nitrogen and oxygen atoms in total. The monoisotopic (exact) mass is 480 g/mol. The molecule has 3 aromatic rings. The zero-order valence-corrected chi connectivity index (χ0v) is 20.1. The Bertz CT molecular complexity index is 1220. The van der Waals surface area contributed by atoms with Crippen LogP contribution in [0.3, 0.4) is 0 Å². The number of unbranched alkanes of at least 4 members (excludes halogenated alkanes) is 1. The molecule has 0 bridgehead atoms. The van der Waals surface area contributed by atoms with Crippen LogP contribution in [0.4, 0.5) is 15.9 Å². The van der Waals surface area contributed by atoms with Gasteiger partial charge in [-0.1, -0.05) is 12.1 Å². The molecule has 0 saturated carbocycles. The first-order chi connectivity index (χ1) is 16.7. The zero-order chi connectivity index (χ0) is 23.1. The SMILES string of the molecule is O=C1CCc2c(F)c(OCCCCN3CCN(c4nsc5ccccc45)CC3)cc3c2N1CC3. The van der Waals surface area contributed by atoms with Gasteiger partial charge in [0, 0.05) is 50.1 Å². The summed E-state index contributed by atoms with van der Waals surface area (Å²) in [6.45, 7) is 6.26. The first kappa shape index (κ1) is 21.8. The lowest BCUT2D eigenvalue weighted by Gasteiger charge is -2.35. The second-order valence-corrected chi connectivity index (χ2v) is 10.2. The van der Waals surface area contributed by atoms with Crippen molar-refractivity contribution in [3.8, 4) is 5.75 Å². The maximum atomic E-state index is 15.0. The molecule has 0 N–H and O–H groups in total. The molecule has 1 saturated heterocycles. The van der Waals surface area contributed by atoms with Gasteiger partial charge in [0.05, 0.1) is 17.0 Å². The van der Waals surface area contributed by atoms with E-state index in [1.165, 1.54) is 10.1 Å². The number of ether oxygens (including phenoxy) is 1. The number of benzene rings is 2. The van der Waals surface area contributed by atoms with E-state index in [0.717, 1.165) is 69.1 Å². The second kappa shape index (κ2) is 9.15. The summed E-state index contributed by atoms with van der Waals surface area (Å²) in [6, 6.07) is 10.3. The lowest BCUT2D eigenvalue weighted by atomic mass is 9.98. The van der Waals surface area contributed by atoms with Gasteiger partial charge < -0.3 is 14.5 Å². The van der Waals surface area contributed by atoms with Gasteiger partial charge in [0.1, 0.15) is 5.82 Å². The Morgan fingerprint density at radius 1 is 1.03 bits per heavy atom. The second-order valence-electron chi connectivity index (χ2n) is 9.36. The van der Waals surface area contributed by atoms with E-state index >= 15 is 4.39 Å². The number of piperazine rings is 1. The van der Waals surface area contributed by atoms with Crippen molar-refractivity contribution in [3.05, 3.63) is 47.3 Å². The third kappa shape index (κ3) is 3.92. The molecule has 0 atom stereocenters. The smallest absolute Gasteiger partial charge is 0.227 e. The molecule has 1 fully saturated rings. The summed E-state index contributed by atoms with van der Waals surface area (Å²) < 4.78 is 26.8. The fourth-order valence-electron chi connectivity index (χ4n) is 5.46. The van der Waals surface area contributed by atoms with Crippen molar-refractivity contribution in [1.29, 1.82) is 0 Å². The first-order valence-electron chi connectivity index (χ1n) is 12.3. The minimum Gasteiger partial charge on any atom is -0.490 e. The number of rotatable bonds is 7. The van der Waals surface area contributed by atoms with Crippen LogP contribution in [0, 0.1) is 5.82 Å². The van der Waals surface area contributed by atoms with E-state index < -0.39 is 0 Å². The van der Waals surface area contributed by atoms with Crippen molar-refractivity contribution in [2.75, 3.05) is 55.7 Å². The van der Waals surface area contributed by atoms with Crippen LogP contribution in [0.2, 0.25) is 0 Å². The molecule has 1 amide bonds. The van der Waals surface area contributed by atoms with Crippen molar-refractivity contribution in [2.45, 2.75) is 32.1 Å². The number of nitrogens with zero attached hydrogens (tertiary/aromatic N) is 4. The molecule has 0 aliphatic carbocycles. The average Bonchev–Trinajstić information content (AvgIpc) is 3.49. The van der Waals surface area contributed by atoms with Crippen molar-refractivity contribution in [2.24, 2.45) is 0 Å². The number of hydrogen-bond acceptors (Lipinski definition) is 6. The van der Waals surface area contributed by atoms with Gasteiger partial charge in [0.15, 0.2) is 11.6 Å². The van der Waals surface area contributed by atoms with Gasteiger partial charge in [0.2, 0.25) is 5.91 Å². The van der Waals surface area contributed by atoms with Crippen molar-refractivity contribution in [3.63, 3.8) is 0 Å². The third-order valence-corrected chi connectivity index (χ3v) is 8.11. The summed E-state index contributed by atoms with van der Waals surface area (Å²) in [4.78, 5) is 18.7. The van der Waals surface area contributed by atoms with Gasteiger partial charge in [0.25, 0.3) is 0 Å². The van der Waals surface area contributed by atoms with Crippen LogP contribution in [0.15, 0.2) is 30.3 Å². The molecule has 2 aromatic carbocycles. The summed E-state index contributed by atoms with van der Waals surface area (Å²) in [5.74, 6) is 1.31. The van der Waals surface area contributed by atoms with E-state index in [4.69, 9.17) is 9.11 Å². The van der Waals surface area contributed by atoms with E-state index in [1.54, 1.807) is 16.4 Å². The van der Waals surface area contributed by atoms with Crippen LogP contribution in [-0.2, 0) is 17.6 Å². The third-order valence-electron chi connectivity index (χ3n) is 7.30. The molecule has 0 radical (unpaired) electrons. The Morgan fingerprint density at radius 2 is 1.88 bits per heavy atom. The highest BCUT2D eigenvalue weighted by Crippen LogP contribution is 2.41. The Morgan fingerprint density at radius 3 is 2.76 bits per heavy atom. The normalized spacial score (nSPS) is 18.1. The van der Waals surface area contributed by atoms with Crippen LogP contribution >= 0.6 is 11.5 Å². The molecule has 3 aliphatic rings. The molecule has 1 aromatic heterocycles. The highest BCUT2D eigenvalue weighted by atomic mass is 32.1. The van der Waals surface area contributed by atoms with Crippen molar-refractivity contribution < 1.29 is 13.9 Å². The minimum atomic E-state index is -0.274. The fourth-order valence-corrected chi connectivity index (χ4v) is 6.26. The number of amides is 1. The molecule has 178 valence electrons. The maximum absolute atomic E-state index is 15.0. The maximum Gasteiger partial charge on any atom is 0.227 e. The van der Waals surface area contributed by atoms with E-state index in [-0.39, 0.29) is 11.7 Å². The lowest BCUT2D eigenvalue weighted by molar-refractivity contribution is -0.118. The minimum absolute atomic E-state index is 0.111. The number of fused-ring (bicyclic) bond motifs is 1. The highest BCUT2D eigenvalue weighted by Gasteiger charge is 2.34. The van der Waals surface area contributed by atoms with Gasteiger partial charge in [-0.2, -0.15) is 4.37 Å². The summed E-state index contributed by atoms with van der Waals surface area (Å²) in [5, 5.41) is 1.25. The molecular weight excluding hydrogens is 451 g/mol. The molecule has 6 rings (SSSR count). The van der Waals surface area contributed by atoms with Gasteiger partial charge in [-0.25, -0.2) is 4.39 Å². The molecule has 0 spiro atoms. The van der Waals surface area contributed by atoms with Crippen LogP contribution in [-0.4, -0.2) is 61.1 Å². The Balaban J connectivity index is 0.972. The topological polar surface area (TPSA) is 48.9 Å². The fraction of sp³-hybridized carbons (Fsp3) is 0.462. The highest BCUT2D eigenvalue weighted by molar-refractivity contribution is 7.13. The average molecular weight is 481 g/mol. The zero-order valence-electron chi connectivity index (χ0n) is 19.3. The standard InChI is InChI=1S/C26H29FN4O2S/c27-24-20-7-8-23(32)31-11-9-18(25(20)31)17-21(24)33-16-4-3-10-29-12-14-30(15-13-29)26-19-5-1-2-6-22(19)34-28-26/h1-2,5-6,17H,3-4,7-16H2. The van der Waals surface area contributed by atoms with Crippen LogP contribution in [0.5, 0.6) is 5.75 Å². The largest absolute Gasteiger partial charge is 0.490 e. The summed E-state index contributed by atoms with van der Waals surface area (Å²) in [5.41, 5.74) is 2.52. The van der Waals surface area contributed by atoms with E-state index in [9.17, 15) is 4.79 Å². The van der Waals surface area contributed by atoms with E-state index in [2.05, 4.69) is 34.1 Å². The Kier molecular flexibility index (Phi) is 5.87. The van der Waals surface area contributed by atoms with Crippen molar-refractivity contribution >= 4 is 39.0 Å². The van der Waals surface area contributed by atoms with Gasteiger partial charge in [-0.15, -0.1) is 0 Å². The summed E-state index contributed by atoms with van der Waals surface area (Å²) in [6.07, 6.45) is 3.57. The van der Waals surface area contributed by atoms with Crippen molar-refractivity contribution in [1.82, 2.24) is 9.27 Å². The van der Waals surface area contributed by atoms with E-state index in [0.29, 0.717) is 37.3 Å². The quantitative estimate of drug-likeness (QED) is 0.473. The molecule has 3 aliphatic heterocycles. The van der Waals surface area contributed by atoms with Gasteiger partial charge >= 0.3 is 0 Å². The number of carbonyl (C=O) groups is 1. The molecule has 34 heavy (non-hydrogen) atoms.